The molecule has 1 aliphatic rings. The van der Waals surface area contributed by atoms with Crippen molar-refractivity contribution < 1.29 is 24.7 Å². The first-order chi connectivity index (χ1) is 12.9. The standard InChI is InChI=1S/C21H34N2O4/c1-4-26-19-12-16(13-22-21(2,3)15-24)10-11-18(19)27-14-20(25)23-17-8-6-5-7-9-17/h10-12,17,22,24H,4-9,13-15H2,1-3H3,(H,23,25)/p+1. The Balaban J connectivity index is 1.91. The number of rotatable bonds is 10. The second-order valence-corrected chi connectivity index (χ2v) is 7.96. The fourth-order valence-electron chi connectivity index (χ4n) is 3.19. The Bertz CT molecular complexity index is 598. The minimum Gasteiger partial charge on any atom is -0.490 e. The maximum absolute atomic E-state index is 12.2. The largest absolute Gasteiger partial charge is 0.490 e. The molecule has 1 aromatic rings. The van der Waals surface area contributed by atoms with Gasteiger partial charge in [-0.05, 0) is 51.8 Å². The predicted molar refractivity (Wildman–Crippen MR) is 105 cm³/mol. The highest BCUT2D eigenvalue weighted by atomic mass is 16.5. The van der Waals surface area contributed by atoms with E-state index in [9.17, 15) is 9.90 Å². The molecule has 152 valence electrons. The molecule has 4 N–H and O–H groups in total. The molecule has 0 heterocycles. The van der Waals surface area contributed by atoms with E-state index < -0.39 is 0 Å². The van der Waals surface area contributed by atoms with Crippen molar-refractivity contribution in [2.45, 2.75) is 71.0 Å². The predicted octanol–water partition coefficient (Wildman–Crippen LogP) is 1.75. The normalized spacial score (nSPS) is 15.4. The van der Waals surface area contributed by atoms with Crippen LogP contribution in [0.5, 0.6) is 11.5 Å². The summed E-state index contributed by atoms with van der Waals surface area (Å²) in [6.45, 7) is 7.29. The number of aliphatic hydroxyl groups excluding tert-OH is 1. The van der Waals surface area contributed by atoms with Crippen molar-refractivity contribution in [2.24, 2.45) is 0 Å². The number of nitrogens with one attached hydrogen (secondary N) is 1. The number of aliphatic hydroxyl groups is 1. The van der Waals surface area contributed by atoms with E-state index in [2.05, 4.69) is 10.6 Å². The molecule has 0 spiro atoms. The van der Waals surface area contributed by atoms with E-state index in [0.29, 0.717) is 18.1 Å². The van der Waals surface area contributed by atoms with Gasteiger partial charge in [-0.1, -0.05) is 19.3 Å². The van der Waals surface area contributed by atoms with E-state index in [1.165, 1.54) is 19.3 Å². The highest BCUT2D eigenvalue weighted by Gasteiger charge is 2.20. The van der Waals surface area contributed by atoms with Crippen molar-refractivity contribution >= 4 is 5.91 Å². The fourth-order valence-corrected chi connectivity index (χ4v) is 3.19. The van der Waals surface area contributed by atoms with Crippen molar-refractivity contribution in [1.82, 2.24) is 5.32 Å². The fraction of sp³-hybridized carbons (Fsp3) is 0.667. The molecule has 1 fully saturated rings. The monoisotopic (exact) mass is 379 g/mol. The van der Waals surface area contributed by atoms with Gasteiger partial charge in [-0.3, -0.25) is 4.79 Å². The summed E-state index contributed by atoms with van der Waals surface area (Å²) in [5, 5.41) is 14.5. The number of ether oxygens (including phenoxy) is 2. The lowest BCUT2D eigenvalue weighted by atomic mass is 9.95. The van der Waals surface area contributed by atoms with Crippen LogP contribution in [0.15, 0.2) is 18.2 Å². The molecule has 1 saturated carbocycles. The van der Waals surface area contributed by atoms with Crippen LogP contribution in [-0.4, -0.2) is 42.4 Å². The van der Waals surface area contributed by atoms with E-state index in [-0.39, 0.29) is 30.7 Å². The summed E-state index contributed by atoms with van der Waals surface area (Å²) in [5.74, 6) is 1.16. The summed E-state index contributed by atoms with van der Waals surface area (Å²) in [7, 11) is 0. The van der Waals surface area contributed by atoms with E-state index in [1.54, 1.807) is 0 Å². The SMILES string of the molecule is CCOc1cc(C[NH2+]C(C)(C)CO)ccc1OCC(=O)NC1CCCCC1. The van der Waals surface area contributed by atoms with Crippen molar-refractivity contribution in [1.29, 1.82) is 0 Å². The number of hydrogen-bond donors (Lipinski definition) is 3. The van der Waals surface area contributed by atoms with Gasteiger partial charge in [-0.25, -0.2) is 0 Å². The van der Waals surface area contributed by atoms with Gasteiger partial charge in [0.1, 0.15) is 12.1 Å². The number of benzene rings is 1. The Hall–Kier alpha value is -1.79. The minimum absolute atomic E-state index is 0.000407. The van der Waals surface area contributed by atoms with E-state index in [1.807, 2.05) is 39.0 Å². The van der Waals surface area contributed by atoms with Gasteiger partial charge < -0.3 is 25.2 Å². The molecule has 0 atom stereocenters. The smallest absolute Gasteiger partial charge is 0.258 e. The zero-order chi connectivity index (χ0) is 19.7. The van der Waals surface area contributed by atoms with Crippen LogP contribution in [0.2, 0.25) is 0 Å². The lowest BCUT2D eigenvalue weighted by Gasteiger charge is -2.23. The average molecular weight is 380 g/mol. The maximum Gasteiger partial charge on any atom is 0.258 e. The second-order valence-electron chi connectivity index (χ2n) is 7.96. The van der Waals surface area contributed by atoms with Gasteiger partial charge in [-0.15, -0.1) is 0 Å². The highest BCUT2D eigenvalue weighted by molar-refractivity contribution is 5.78. The molecule has 6 heteroatoms. The molecular weight excluding hydrogens is 344 g/mol. The van der Waals surface area contributed by atoms with Crippen LogP contribution < -0.4 is 20.1 Å². The lowest BCUT2D eigenvalue weighted by molar-refractivity contribution is -0.736. The van der Waals surface area contributed by atoms with E-state index in [0.717, 1.165) is 24.9 Å². The third-order valence-corrected chi connectivity index (χ3v) is 4.93. The number of amides is 1. The van der Waals surface area contributed by atoms with Gasteiger partial charge in [0.2, 0.25) is 0 Å². The molecule has 0 aliphatic heterocycles. The van der Waals surface area contributed by atoms with E-state index in [4.69, 9.17) is 9.47 Å². The quantitative estimate of drug-likeness (QED) is 0.578. The van der Waals surface area contributed by atoms with Crippen LogP contribution in [0, 0.1) is 0 Å². The van der Waals surface area contributed by atoms with Gasteiger partial charge in [0.05, 0.1) is 13.2 Å². The molecule has 6 nitrogen and oxygen atoms in total. The first-order valence-electron chi connectivity index (χ1n) is 10.1. The molecule has 1 aromatic carbocycles. The molecule has 2 rings (SSSR count). The summed E-state index contributed by atoms with van der Waals surface area (Å²) in [6, 6.07) is 6.06. The Morgan fingerprint density at radius 3 is 2.63 bits per heavy atom. The molecule has 0 aromatic heterocycles. The highest BCUT2D eigenvalue weighted by Crippen LogP contribution is 2.28. The van der Waals surface area contributed by atoms with Crippen molar-refractivity contribution in [2.75, 3.05) is 19.8 Å². The van der Waals surface area contributed by atoms with E-state index >= 15 is 0 Å². The van der Waals surface area contributed by atoms with Gasteiger partial charge >= 0.3 is 0 Å². The lowest BCUT2D eigenvalue weighted by Crippen LogP contribution is -2.95. The van der Waals surface area contributed by atoms with Crippen molar-refractivity contribution in [3.63, 3.8) is 0 Å². The average Bonchev–Trinajstić information content (AvgIpc) is 2.67. The zero-order valence-corrected chi connectivity index (χ0v) is 16.9. The number of carbonyl (C=O) groups excluding carboxylic acids is 1. The second kappa shape index (κ2) is 10.5. The first kappa shape index (κ1) is 21.5. The third-order valence-electron chi connectivity index (χ3n) is 4.93. The van der Waals surface area contributed by atoms with Crippen LogP contribution in [0.3, 0.4) is 0 Å². The maximum atomic E-state index is 12.2. The number of carbonyl (C=O) groups is 1. The summed E-state index contributed by atoms with van der Waals surface area (Å²) in [5.41, 5.74) is 0.858. The molecule has 27 heavy (non-hydrogen) atoms. The summed E-state index contributed by atoms with van der Waals surface area (Å²) < 4.78 is 11.4. The first-order valence-corrected chi connectivity index (χ1v) is 10.1. The van der Waals surface area contributed by atoms with Crippen LogP contribution in [0.1, 0.15) is 58.4 Å². The number of hydrogen-bond acceptors (Lipinski definition) is 4. The summed E-state index contributed by atoms with van der Waals surface area (Å²) >= 11 is 0. The van der Waals surface area contributed by atoms with Crippen LogP contribution in [-0.2, 0) is 11.3 Å². The van der Waals surface area contributed by atoms with Gasteiger partial charge in [0.15, 0.2) is 18.1 Å². The molecule has 0 bridgehead atoms. The Morgan fingerprint density at radius 1 is 1.22 bits per heavy atom. The topological polar surface area (TPSA) is 84.4 Å². The minimum atomic E-state index is -0.224. The Morgan fingerprint density at radius 2 is 1.96 bits per heavy atom. The van der Waals surface area contributed by atoms with Crippen LogP contribution >= 0.6 is 0 Å². The van der Waals surface area contributed by atoms with Gasteiger partial charge in [0, 0.05) is 11.6 Å². The van der Waals surface area contributed by atoms with Gasteiger partial charge in [0.25, 0.3) is 5.91 Å². The van der Waals surface area contributed by atoms with Crippen molar-refractivity contribution in [3.05, 3.63) is 23.8 Å². The molecule has 1 amide bonds. The molecule has 0 unspecified atom stereocenters. The van der Waals surface area contributed by atoms with Crippen molar-refractivity contribution in [3.8, 4) is 11.5 Å². The van der Waals surface area contributed by atoms with Crippen LogP contribution in [0.25, 0.3) is 0 Å². The molecule has 0 saturated heterocycles. The summed E-state index contributed by atoms with van der Waals surface area (Å²) in [6.07, 6.45) is 5.76. The summed E-state index contributed by atoms with van der Waals surface area (Å²) in [4.78, 5) is 12.2. The van der Waals surface area contributed by atoms with Gasteiger partial charge in [-0.2, -0.15) is 0 Å². The molecule has 1 aliphatic carbocycles. The van der Waals surface area contributed by atoms with Crippen LogP contribution in [0.4, 0.5) is 0 Å². The molecular formula is C21H35N2O4+. The number of nitrogens with two attached hydrogens (primary N) is 1. The zero-order valence-electron chi connectivity index (χ0n) is 16.9. The Kier molecular flexibility index (Phi) is 8.38. The Labute approximate surface area is 162 Å². The molecule has 0 radical (unpaired) electrons. The third kappa shape index (κ3) is 7.39. The number of quaternary nitrogens is 1.